The molecular weight excluding hydrogens is 278 g/mol. The Bertz CT molecular complexity index is 742. The minimum atomic E-state index is -0.330. The number of ether oxygens (including phenoxy) is 1. The van der Waals surface area contributed by atoms with Crippen LogP contribution in [0.1, 0.15) is 34.1 Å². The number of allylic oxidation sites excluding steroid dienone is 1. The number of carbonyl (C=O) groups is 1. The third kappa shape index (κ3) is 2.83. The Morgan fingerprint density at radius 1 is 1.27 bits per heavy atom. The average Bonchev–Trinajstić information content (AvgIpc) is 3.01. The van der Waals surface area contributed by atoms with E-state index in [1.807, 2.05) is 37.7 Å². The molecule has 0 unspecified atom stereocenters. The Balaban J connectivity index is 1.85. The number of nitrogens with zero attached hydrogens (tertiary/aromatic N) is 3. The maximum absolute atomic E-state index is 11.5. The van der Waals surface area contributed by atoms with E-state index in [2.05, 4.69) is 16.2 Å². The van der Waals surface area contributed by atoms with E-state index in [9.17, 15) is 4.79 Å². The first-order chi connectivity index (χ1) is 10.7. The van der Waals surface area contributed by atoms with Crippen molar-refractivity contribution >= 4 is 17.8 Å². The van der Waals surface area contributed by atoms with Gasteiger partial charge in [-0.05, 0) is 35.4 Å². The normalized spacial score (nSPS) is 17.2. The molecule has 0 radical (unpaired) electrons. The number of carbonyl (C=O) groups excluding carboxylic acids is 1. The van der Waals surface area contributed by atoms with Crippen LogP contribution >= 0.6 is 0 Å². The summed E-state index contributed by atoms with van der Waals surface area (Å²) in [6, 6.07) is 9.30. The maximum Gasteiger partial charge on any atom is 0.337 e. The van der Waals surface area contributed by atoms with E-state index < -0.39 is 0 Å². The van der Waals surface area contributed by atoms with Crippen LogP contribution in [0.2, 0.25) is 0 Å². The van der Waals surface area contributed by atoms with Crippen LogP contribution in [0.25, 0.3) is 5.57 Å². The molecule has 0 fully saturated rings. The van der Waals surface area contributed by atoms with Gasteiger partial charge < -0.3 is 4.74 Å². The lowest BCUT2D eigenvalue weighted by Crippen LogP contribution is -2.04. The summed E-state index contributed by atoms with van der Waals surface area (Å²) >= 11 is 0. The van der Waals surface area contributed by atoms with Crippen LogP contribution in [-0.2, 0) is 11.8 Å². The molecule has 0 N–H and O–H groups in total. The first-order valence-corrected chi connectivity index (χ1v) is 7.08. The molecule has 0 saturated heterocycles. The molecule has 0 spiro atoms. The van der Waals surface area contributed by atoms with Crippen LogP contribution in [-0.4, -0.2) is 29.1 Å². The molecule has 0 amide bonds. The second-order valence-electron chi connectivity index (χ2n) is 5.16. The van der Waals surface area contributed by atoms with E-state index in [0.29, 0.717) is 5.56 Å². The van der Waals surface area contributed by atoms with E-state index in [1.165, 1.54) is 7.11 Å². The first-order valence-electron chi connectivity index (χ1n) is 7.08. The van der Waals surface area contributed by atoms with E-state index in [-0.39, 0.29) is 12.0 Å². The van der Waals surface area contributed by atoms with Gasteiger partial charge in [-0.3, -0.25) is 9.67 Å². The molecule has 22 heavy (non-hydrogen) atoms. The third-order valence-electron chi connectivity index (χ3n) is 3.65. The monoisotopic (exact) mass is 295 g/mol. The average molecular weight is 295 g/mol. The van der Waals surface area contributed by atoms with Crippen LogP contribution in [0.5, 0.6) is 0 Å². The SMILES string of the molecule is COC(=O)c1ccc([C@@H]2C=C(c3ccn(C)n3)CC=N2)cc1. The molecule has 5 nitrogen and oxygen atoms in total. The zero-order chi connectivity index (χ0) is 15.5. The second kappa shape index (κ2) is 5.97. The Hall–Kier alpha value is -2.69. The molecule has 0 bridgehead atoms. The van der Waals surface area contributed by atoms with Gasteiger partial charge in [0, 0.05) is 25.9 Å². The zero-order valence-electron chi connectivity index (χ0n) is 12.6. The van der Waals surface area contributed by atoms with Crippen LogP contribution in [0, 0.1) is 0 Å². The number of hydrogen-bond donors (Lipinski definition) is 0. The van der Waals surface area contributed by atoms with Crippen molar-refractivity contribution in [1.82, 2.24) is 9.78 Å². The van der Waals surface area contributed by atoms with Crippen LogP contribution in [0.4, 0.5) is 0 Å². The van der Waals surface area contributed by atoms with Crippen molar-refractivity contribution < 1.29 is 9.53 Å². The molecular formula is C17H17N3O2. The quantitative estimate of drug-likeness (QED) is 0.818. The van der Waals surface area contributed by atoms with Gasteiger partial charge in [0.15, 0.2) is 0 Å². The molecule has 0 aliphatic carbocycles. The highest BCUT2D eigenvalue weighted by Crippen LogP contribution is 2.28. The van der Waals surface area contributed by atoms with Gasteiger partial charge in [-0.15, -0.1) is 0 Å². The van der Waals surface area contributed by atoms with Crippen LogP contribution in [0.15, 0.2) is 47.6 Å². The van der Waals surface area contributed by atoms with Gasteiger partial charge in [0.2, 0.25) is 0 Å². The van der Waals surface area contributed by atoms with Gasteiger partial charge >= 0.3 is 5.97 Å². The van der Waals surface area contributed by atoms with Gasteiger partial charge in [-0.25, -0.2) is 4.79 Å². The van der Waals surface area contributed by atoms with Crippen molar-refractivity contribution in [3.05, 3.63) is 59.4 Å². The Morgan fingerprint density at radius 2 is 2.05 bits per heavy atom. The molecule has 5 heteroatoms. The highest BCUT2D eigenvalue weighted by Gasteiger charge is 2.15. The summed E-state index contributed by atoms with van der Waals surface area (Å²) in [5, 5.41) is 4.44. The highest BCUT2D eigenvalue weighted by atomic mass is 16.5. The summed E-state index contributed by atoms with van der Waals surface area (Å²) < 4.78 is 6.50. The molecule has 0 saturated carbocycles. The van der Waals surface area contributed by atoms with Gasteiger partial charge in [0.05, 0.1) is 24.4 Å². The van der Waals surface area contributed by atoms with Crippen molar-refractivity contribution in [2.45, 2.75) is 12.5 Å². The van der Waals surface area contributed by atoms with Crippen molar-refractivity contribution in [1.29, 1.82) is 0 Å². The predicted molar refractivity (Wildman–Crippen MR) is 84.8 cm³/mol. The molecule has 1 atom stereocenters. The summed E-state index contributed by atoms with van der Waals surface area (Å²) in [5.74, 6) is -0.330. The summed E-state index contributed by atoms with van der Waals surface area (Å²) in [7, 11) is 3.29. The zero-order valence-corrected chi connectivity index (χ0v) is 12.6. The number of aryl methyl sites for hydroxylation is 1. The van der Waals surface area contributed by atoms with E-state index in [1.54, 1.807) is 16.8 Å². The molecule has 1 aromatic carbocycles. The molecule has 1 aliphatic heterocycles. The number of benzene rings is 1. The Morgan fingerprint density at radius 3 is 2.68 bits per heavy atom. The number of methoxy groups -OCH3 is 1. The number of hydrogen-bond acceptors (Lipinski definition) is 4. The topological polar surface area (TPSA) is 56.5 Å². The minimum Gasteiger partial charge on any atom is -0.465 e. The number of rotatable bonds is 3. The summed E-state index contributed by atoms with van der Waals surface area (Å²) in [6.45, 7) is 0. The second-order valence-corrected chi connectivity index (χ2v) is 5.16. The van der Waals surface area contributed by atoms with Crippen molar-refractivity contribution in [3.8, 4) is 0 Å². The Kier molecular flexibility index (Phi) is 3.87. The molecule has 3 rings (SSSR count). The number of esters is 1. The lowest BCUT2D eigenvalue weighted by Gasteiger charge is -2.15. The van der Waals surface area contributed by atoms with E-state index in [4.69, 9.17) is 4.74 Å². The van der Waals surface area contributed by atoms with Gasteiger partial charge in [0.25, 0.3) is 0 Å². The summed E-state index contributed by atoms with van der Waals surface area (Å²) in [5.41, 5.74) is 3.72. The van der Waals surface area contributed by atoms with Crippen molar-refractivity contribution in [3.63, 3.8) is 0 Å². The van der Waals surface area contributed by atoms with Crippen LogP contribution < -0.4 is 0 Å². The smallest absolute Gasteiger partial charge is 0.337 e. The molecule has 1 aliphatic rings. The van der Waals surface area contributed by atoms with Gasteiger partial charge in [-0.1, -0.05) is 12.1 Å². The fraction of sp³-hybridized carbons (Fsp3) is 0.235. The van der Waals surface area contributed by atoms with Crippen molar-refractivity contribution in [2.75, 3.05) is 7.11 Å². The Labute approximate surface area is 128 Å². The lowest BCUT2D eigenvalue weighted by molar-refractivity contribution is 0.0600. The standard InChI is InChI=1S/C17H17N3O2/c1-20-10-8-15(19-20)14-7-9-18-16(11-14)12-3-5-13(6-4-12)17(21)22-2/h3-6,8-11,16H,7H2,1-2H3/t16-/m0/s1. The lowest BCUT2D eigenvalue weighted by atomic mass is 9.98. The summed E-state index contributed by atoms with van der Waals surface area (Å²) in [4.78, 5) is 16.0. The first kappa shape index (κ1) is 14.3. The highest BCUT2D eigenvalue weighted by molar-refractivity contribution is 5.89. The summed E-state index contributed by atoms with van der Waals surface area (Å²) in [6.07, 6.45) is 6.76. The minimum absolute atomic E-state index is 0.0440. The number of dihydropyridines is 1. The van der Waals surface area contributed by atoms with Gasteiger partial charge in [0.1, 0.15) is 0 Å². The fourth-order valence-electron chi connectivity index (χ4n) is 2.46. The fourth-order valence-corrected chi connectivity index (χ4v) is 2.46. The van der Waals surface area contributed by atoms with Crippen molar-refractivity contribution in [2.24, 2.45) is 12.0 Å². The number of aliphatic imine (C=N–C) groups is 1. The van der Waals surface area contributed by atoms with Gasteiger partial charge in [-0.2, -0.15) is 5.10 Å². The molecule has 112 valence electrons. The molecule has 2 aromatic rings. The largest absolute Gasteiger partial charge is 0.465 e. The van der Waals surface area contributed by atoms with E-state index >= 15 is 0 Å². The number of aromatic nitrogens is 2. The molecule has 1 aromatic heterocycles. The molecule has 2 heterocycles. The van der Waals surface area contributed by atoms with Crippen LogP contribution in [0.3, 0.4) is 0 Å². The third-order valence-corrected chi connectivity index (χ3v) is 3.65. The predicted octanol–water partition coefficient (Wildman–Crippen LogP) is 2.81. The van der Waals surface area contributed by atoms with E-state index in [0.717, 1.165) is 23.3 Å². The maximum atomic E-state index is 11.5.